The summed E-state index contributed by atoms with van der Waals surface area (Å²) in [4.78, 5) is 0.324. The minimum atomic E-state index is -3.44. The lowest BCUT2D eigenvalue weighted by Crippen LogP contribution is -2.30. The third kappa shape index (κ3) is 5.36. The van der Waals surface area contributed by atoms with E-state index < -0.39 is 10.0 Å². The Bertz CT molecular complexity index is 559. The van der Waals surface area contributed by atoms with Gasteiger partial charge in [0.1, 0.15) is 0 Å². The number of nitrogens with zero attached hydrogens (tertiary/aromatic N) is 1. The quantitative estimate of drug-likeness (QED) is 0.708. The summed E-state index contributed by atoms with van der Waals surface area (Å²) < 4.78 is 27.1. The molecule has 0 saturated carbocycles. The number of nitrogens with one attached hydrogen (secondary N) is 1. The van der Waals surface area contributed by atoms with Gasteiger partial charge in [0.25, 0.3) is 0 Å². The summed E-state index contributed by atoms with van der Waals surface area (Å²) in [6.45, 7) is 8.33. The second kappa shape index (κ2) is 8.27. The van der Waals surface area contributed by atoms with Crippen molar-refractivity contribution in [2.24, 2.45) is 5.92 Å². The van der Waals surface area contributed by atoms with E-state index in [0.717, 1.165) is 25.1 Å². The van der Waals surface area contributed by atoms with Crippen molar-refractivity contribution in [2.45, 2.75) is 38.6 Å². The van der Waals surface area contributed by atoms with Gasteiger partial charge in [0.15, 0.2) is 0 Å². The van der Waals surface area contributed by atoms with E-state index in [0.29, 0.717) is 21.8 Å². The highest BCUT2D eigenvalue weighted by Gasteiger charge is 2.23. The Morgan fingerprint density at radius 2 is 2.00 bits per heavy atom. The zero-order chi connectivity index (χ0) is 16.0. The fourth-order valence-electron chi connectivity index (χ4n) is 2.05. The molecule has 1 N–H and O–H groups in total. The Labute approximate surface area is 137 Å². The molecule has 0 unspecified atom stereocenters. The average Bonchev–Trinajstić information content (AvgIpc) is 2.38. The lowest BCUT2D eigenvalue weighted by atomic mass is 10.2. The standard InChI is InChI=1S/C15H25BrN2O2S/c1-5-8-17-10-13-6-7-15(14(16)9-13)21(19,20)18(4)11-12(2)3/h6-7,9,12,17H,5,8,10-11H2,1-4H3. The van der Waals surface area contributed by atoms with Crippen molar-refractivity contribution in [2.75, 3.05) is 20.1 Å². The summed E-state index contributed by atoms with van der Waals surface area (Å²) in [7, 11) is -1.82. The van der Waals surface area contributed by atoms with Crippen LogP contribution in [-0.2, 0) is 16.6 Å². The van der Waals surface area contributed by atoms with Gasteiger partial charge in [0, 0.05) is 24.6 Å². The molecule has 1 aromatic rings. The first kappa shape index (κ1) is 18.6. The van der Waals surface area contributed by atoms with Crippen LogP contribution in [0.5, 0.6) is 0 Å². The molecule has 0 heterocycles. The molecular weight excluding hydrogens is 352 g/mol. The van der Waals surface area contributed by atoms with Crippen molar-refractivity contribution < 1.29 is 8.42 Å². The molecule has 0 amide bonds. The highest BCUT2D eigenvalue weighted by molar-refractivity contribution is 9.10. The van der Waals surface area contributed by atoms with Crippen LogP contribution < -0.4 is 5.32 Å². The maximum absolute atomic E-state index is 12.5. The van der Waals surface area contributed by atoms with Crippen molar-refractivity contribution in [3.8, 4) is 0 Å². The van der Waals surface area contributed by atoms with Crippen molar-refractivity contribution in [1.29, 1.82) is 0 Å². The first-order chi connectivity index (χ1) is 9.78. The van der Waals surface area contributed by atoms with Gasteiger partial charge < -0.3 is 5.32 Å². The Morgan fingerprint density at radius 1 is 1.33 bits per heavy atom. The van der Waals surface area contributed by atoms with Crippen LogP contribution in [0.1, 0.15) is 32.8 Å². The molecule has 0 saturated heterocycles. The van der Waals surface area contributed by atoms with E-state index in [-0.39, 0.29) is 0 Å². The number of hydrogen-bond donors (Lipinski definition) is 1. The summed E-state index contributed by atoms with van der Waals surface area (Å²) in [5.74, 6) is 0.293. The van der Waals surface area contributed by atoms with Crippen LogP contribution in [-0.4, -0.2) is 32.9 Å². The third-order valence-corrected chi connectivity index (χ3v) is 5.86. The fraction of sp³-hybridized carbons (Fsp3) is 0.600. The molecule has 0 radical (unpaired) electrons. The van der Waals surface area contributed by atoms with E-state index in [2.05, 4.69) is 28.2 Å². The predicted molar refractivity (Wildman–Crippen MR) is 90.8 cm³/mol. The molecule has 0 aliphatic rings. The normalized spacial score (nSPS) is 12.3. The molecule has 0 aliphatic carbocycles. The summed E-state index contributed by atoms with van der Waals surface area (Å²) in [5.41, 5.74) is 1.07. The van der Waals surface area contributed by atoms with Gasteiger partial charge in [0.05, 0.1) is 4.90 Å². The first-order valence-corrected chi connectivity index (χ1v) is 9.47. The van der Waals surface area contributed by atoms with Crippen LogP contribution in [0.4, 0.5) is 0 Å². The van der Waals surface area contributed by atoms with Gasteiger partial charge in [-0.3, -0.25) is 0 Å². The summed E-state index contributed by atoms with van der Waals surface area (Å²) in [6.07, 6.45) is 1.08. The second-order valence-corrected chi connectivity index (χ2v) is 8.49. The number of benzene rings is 1. The van der Waals surface area contributed by atoms with E-state index in [1.165, 1.54) is 4.31 Å². The van der Waals surface area contributed by atoms with Gasteiger partial charge in [-0.25, -0.2) is 12.7 Å². The van der Waals surface area contributed by atoms with E-state index in [9.17, 15) is 8.42 Å². The van der Waals surface area contributed by atoms with Crippen molar-refractivity contribution >= 4 is 26.0 Å². The molecule has 6 heteroatoms. The van der Waals surface area contributed by atoms with Gasteiger partial charge in [0.2, 0.25) is 10.0 Å². The molecule has 21 heavy (non-hydrogen) atoms. The Hall–Kier alpha value is -0.430. The molecule has 0 bridgehead atoms. The molecule has 0 aromatic heterocycles. The second-order valence-electron chi connectivity index (χ2n) is 5.62. The largest absolute Gasteiger partial charge is 0.313 e. The van der Waals surface area contributed by atoms with E-state index >= 15 is 0 Å². The van der Waals surface area contributed by atoms with Crippen molar-refractivity contribution in [3.05, 3.63) is 28.2 Å². The summed E-state index contributed by atoms with van der Waals surface area (Å²) in [5, 5.41) is 3.30. The van der Waals surface area contributed by atoms with E-state index in [1.54, 1.807) is 13.1 Å². The number of rotatable bonds is 8. The zero-order valence-electron chi connectivity index (χ0n) is 13.2. The van der Waals surface area contributed by atoms with Crippen LogP contribution in [0.25, 0.3) is 0 Å². The molecule has 0 atom stereocenters. The fourth-order valence-corrected chi connectivity index (χ4v) is 4.47. The maximum Gasteiger partial charge on any atom is 0.243 e. The van der Waals surface area contributed by atoms with Gasteiger partial charge >= 0.3 is 0 Å². The number of sulfonamides is 1. The summed E-state index contributed by atoms with van der Waals surface area (Å²) in [6, 6.07) is 5.42. The number of halogens is 1. The Kier molecular flexibility index (Phi) is 7.33. The lowest BCUT2D eigenvalue weighted by Gasteiger charge is -2.20. The Balaban J connectivity index is 2.93. The van der Waals surface area contributed by atoms with Crippen LogP contribution in [0.15, 0.2) is 27.6 Å². The highest BCUT2D eigenvalue weighted by atomic mass is 79.9. The molecule has 0 fully saturated rings. The SMILES string of the molecule is CCCNCc1ccc(S(=O)(=O)N(C)CC(C)C)c(Br)c1. The molecule has 4 nitrogen and oxygen atoms in total. The summed E-state index contributed by atoms with van der Waals surface area (Å²) >= 11 is 3.39. The Morgan fingerprint density at radius 3 is 2.52 bits per heavy atom. The minimum Gasteiger partial charge on any atom is -0.313 e. The maximum atomic E-state index is 12.5. The molecule has 1 aromatic carbocycles. The highest BCUT2D eigenvalue weighted by Crippen LogP contribution is 2.26. The third-order valence-electron chi connectivity index (χ3n) is 3.06. The molecule has 0 spiro atoms. The molecular formula is C15H25BrN2O2S. The van der Waals surface area contributed by atoms with Crippen LogP contribution in [0.3, 0.4) is 0 Å². The van der Waals surface area contributed by atoms with E-state index in [1.807, 2.05) is 26.0 Å². The minimum absolute atomic E-state index is 0.293. The zero-order valence-corrected chi connectivity index (χ0v) is 15.6. The first-order valence-electron chi connectivity index (χ1n) is 7.24. The van der Waals surface area contributed by atoms with Crippen molar-refractivity contribution in [3.63, 3.8) is 0 Å². The molecule has 120 valence electrons. The van der Waals surface area contributed by atoms with Gasteiger partial charge in [-0.05, 0) is 52.5 Å². The number of hydrogen-bond acceptors (Lipinski definition) is 3. The van der Waals surface area contributed by atoms with Crippen LogP contribution in [0, 0.1) is 5.92 Å². The van der Waals surface area contributed by atoms with Gasteiger partial charge in [-0.1, -0.05) is 26.8 Å². The lowest BCUT2D eigenvalue weighted by molar-refractivity contribution is 0.417. The smallest absolute Gasteiger partial charge is 0.243 e. The van der Waals surface area contributed by atoms with Crippen molar-refractivity contribution in [1.82, 2.24) is 9.62 Å². The van der Waals surface area contributed by atoms with Crippen LogP contribution in [0.2, 0.25) is 0 Å². The topological polar surface area (TPSA) is 49.4 Å². The molecule has 1 rings (SSSR count). The van der Waals surface area contributed by atoms with Gasteiger partial charge in [-0.15, -0.1) is 0 Å². The molecule has 0 aliphatic heterocycles. The van der Waals surface area contributed by atoms with Gasteiger partial charge in [-0.2, -0.15) is 0 Å². The van der Waals surface area contributed by atoms with Crippen LogP contribution >= 0.6 is 15.9 Å². The monoisotopic (exact) mass is 376 g/mol. The van der Waals surface area contributed by atoms with E-state index in [4.69, 9.17) is 0 Å². The predicted octanol–water partition coefficient (Wildman–Crippen LogP) is 3.23. The average molecular weight is 377 g/mol.